The highest BCUT2D eigenvalue weighted by Crippen LogP contribution is 2.46. The molecule has 0 radical (unpaired) electrons. The van der Waals surface area contributed by atoms with E-state index in [-0.39, 0.29) is 30.7 Å². The second-order valence-corrected chi connectivity index (χ2v) is 10.8. The number of halogens is 1. The summed E-state index contributed by atoms with van der Waals surface area (Å²) in [6.07, 6.45) is 2.54. The Balaban J connectivity index is 1.53. The molecule has 2 aromatic carbocycles. The van der Waals surface area contributed by atoms with Crippen molar-refractivity contribution in [2.75, 3.05) is 24.5 Å². The lowest BCUT2D eigenvalue weighted by Crippen LogP contribution is -2.55. The number of carbonyl (C=O) groups is 4. The first kappa shape index (κ1) is 24.6. The number of amides is 4. The summed E-state index contributed by atoms with van der Waals surface area (Å²) in [5, 5.41) is 5.64. The Hall–Kier alpha value is -3.04. The van der Waals surface area contributed by atoms with Gasteiger partial charge >= 0.3 is 0 Å². The van der Waals surface area contributed by atoms with Gasteiger partial charge in [-0.3, -0.25) is 19.2 Å². The van der Waals surface area contributed by atoms with E-state index in [1.54, 1.807) is 23.1 Å². The molecule has 0 spiro atoms. The summed E-state index contributed by atoms with van der Waals surface area (Å²) < 4.78 is 0. The molecule has 3 aliphatic heterocycles. The zero-order chi connectivity index (χ0) is 25.2. The average Bonchev–Trinajstić information content (AvgIpc) is 3.55. The number of carbonyl (C=O) groups excluding carboxylic acids is 4. The Labute approximate surface area is 218 Å². The van der Waals surface area contributed by atoms with Crippen molar-refractivity contribution < 1.29 is 19.2 Å². The predicted molar refractivity (Wildman–Crippen MR) is 138 cm³/mol. The van der Waals surface area contributed by atoms with Gasteiger partial charge in [-0.2, -0.15) is 0 Å². The molecule has 3 atom stereocenters. The van der Waals surface area contributed by atoms with Gasteiger partial charge in [-0.25, -0.2) is 0 Å². The van der Waals surface area contributed by atoms with E-state index in [1.807, 2.05) is 30.3 Å². The van der Waals surface area contributed by atoms with Gasteiger partial charge < -0.3 is 20.4 Å². The second kappa shape index (κ2) is 10.5. The van der Waals surface area contributed by atoms with Crippen molar-refractivity contribution in [3.63, 3.8) is 0 Å². The first-order valence-electron chi connectivity index (χ1n) is 12.1. The molecular weight excluding hydrogens is 500 g/mol. The van der Waals surface area contributed by atoms with E-state index in [9.17, 15) is 19.2 Å². The van der Waals surface area contributed by atoms with Gasteiger partial charge in [-0.05, 0) is 43.0 Å². The SMILES string of the molecule is O=C1CC[C@@H](C(=O)N[C@H]2C(=O)N(CC(=O)N3CCCC3)c3ccc(Cl)cc3S[C@@H]2c2ccccc2)N1. The zero-order valence-corrected chi connectivity index (χ0v) is 21.2. The Morgan fingerprint density at radius 1 is 1.08 bits per heavy atom. The number of likely N-dealkylation sites (tertiary alicyclic amines) is 1. The molecule has 10 heteroatoms. The van der Waals surface area contributed by atoms with Crippen LogP contribution in [-0.2, 0) is 19.2 Å². The molecule has 2 aromatic rings. The topological polar surface area (TPSA) is 98.8 Å². The predicted octanol–water partition coefficient (Wildman–Crippen LogP) is 2.91. The molecule has 0 aromatic heterocycles. The third-order valence-electron chi connectivity index (χ3n) is 6.79. The molecule has 8 nitrogen and oxygen atoms in total. The van der Waals surface area contributed by atoms with Crippen LogP contribution < -0.4 is 15.5 Å². The summed E-state index contributed by atoms with van der Waals surface area (Å²) in [7, 11) is 0. The number of hydrogen-bond donors (Lipinski definition) is 2. The molecule has 2 saturated heterocycles. The van der Waals surface area contributed by atoms with Gasteiger partial charge in [0.2, 0.25) is 17.7 Å². The second-order valence-electron chi connectivity index (χ2n) is 9.22. The summed E-state index contributed by atoms with van der Waals surface area (Å²) in [6.45, 7) is 1.23. The Bertz CT molecular complexity index is 1190. The molecule has 36 heavy (non-hydrogen) atoms. The van der Waals surface area contributed by atoms with Crippen LogP contribution in [0.1, 0.15) is 36.5 Å². The number of thioether (sulfide) groups is 1. The number of fused-ring (bicyclic) bond motifs is 1. The van der Waals surface area contributed by atoms with E-state index in [4.69, 9.17) is 11.6 Å². The molecule has 2 fully saturated rings. The minimum absolute atomic E-state index is 0.123. The van der Waals surface area contributed by atoms with Crippen LogP contribution in [0.2, 0.25) is 5.02 Å². The Morgan fingerprint density at radius 2 is 1.83 bits per heavy atom. The van der Waals surface area contributed by atoms with Crippen molar-refractivity contribution in [1.29, 1.82) is 0 Å². The van der Waals surface area contributed by atoms with Gasteiger partial charge in [-0.1, -0.05) is 41.9 Å². The fraction of sp³-hybridized carbons (Fsp3) is 0.385. The van der Waals surface area contributed by atoms with E-state index in [1.165, 1.54) is 16.7 Å². The van der Waals surface area contributed by atoms with Crippen molar-refractivity contribution in [2.24, 2.45) is 0 Å². The molecule has 188 valence electrons. The smallest absolute Gasteiger partial charge is 0.251 e. The molecule has 0 saturated carbocycles. The van der Waals surface area contributed by atoms with Gasteiger partial charge in [0.25, 0.3) is 5.91 Å². The van der Waals surface area contributed by atoms with Crippen molar-refractivity contribution in [2.45, 2.75) is 47.9 Å². The number of anilines is 1. The minimum atomic E-state index is -0.958. The normalized spacial score (nSPS) is 23.8. The van der Waals surface area contributed by atoms with Crippen LogP contribution in [0.4, 0.5) is 5.69 Å². The fourth-order valence-corrected chi connectivity index (χ4v) is 6.51. The van der Waals surface area contributed by atoms with Crippen LogP contribution in [0.5, 0.6) is 0 Å². The standard InChI is InChI=1S/C26H27ClN4O4S/c27-17-8-10-19-20(14-17)36-24(16-6-2-1-3-7-16)23(29-25(34)18-9-11-21(32)28-18)26(35)31(19)15-22(33)30-12-4-5-13-30/h1-3,6-8,10,14,18,23-24H,4-5,9,11-13,15H2,(H,28,32)(H,29,34)/t18-,23+,24+/m0/s1. The maximum absolute atomic E-state index is 14.1. The summed E-state index contributed by atoms with van der Waals surface area (Å²) in [4.78, 5) is 56.2. The van der Waals surface area contributed by atoms with Gasteiger partial charge in [0.05, 0.1) is 10.9 Å². The summed E-state index contributed by atoms with van der Waals surface area (Å²) in [5.74, 6) is -1.09. The molecule has 4 amide bonds. The number of hydrogen-bond acceptors (Lipinski definition) is 5. The zero-order valence-electron chi connectivity index (χ0n) is 19.6. The largest absolute Gasteiger partial charge is 0.344 e. The van der Waals surface area contributed by atoms with Crippen LogP contribution in [0.15, 0.2) is 53.4 Å². The van der Waals surface area contributed by atoms with Crippen LogP contribution >= 0.6 is 23.4 Å². The van der Waals surface area contributed by atoms with Gasteiger partial charge in [0, 0.05) is 29.4 Å². The lowest BCUT2D eigenvalue weighted by molar-refractivity contribution is -0.132. The molecule has 3 heterocycles. The van der Waals surface area contributed by atoms with E-state index in [2.05, 4.69) is 10.6 Å². The van der Waals surface area contributed by atoms with Crippen molar-refractivity contribution in [1.82, 2.24) is 15.5 Å². The quantitative estimate of drug-likeness (QED) is 0.624. The van der Waals surface area contributed by atoms with E-state index in [0.29, 0.717) is 30.2 Å². The molecule has 3 aliphatic rings. The molecule has 0 unspecified atom stereocenters. The Morgan fingerprint density at radius 3 is 2.53 bits per heavy atom. The third kappa shape index (κ3) is 5.08. The van der Waals surface area contributed by atoms with Crippen LogP contribution in [0.25, 0.3) is 0 Å². The average molecular weight is 527 g/mol. The van der Waals surface area contributed by atoms with Gasteiger partial charge in [0.15, 0.2) is 0 Å². The monoisotopic (exact) mass is 526 g/mol. The van der Waals surface area contributed by atoms with E-state index >= 15 is 0 Å². The summed E-state index contributed by atoms with van der Waals surface area (Å²) >= 11 is 7.77. The molecular formula is C26H27ClN4O4S. The van der Waals surface area contributed by atoms with Crippen molar-refractivity contribution in [3.8, 4) is 0 Å². The summed E-state index contributed by atoms with van der Waals surface area (Å²) in [6, 6.07) is 13.1. The molecule has 2 N–H and O–H groups in total. The first-order chi connectivity index (χ1) is 17.4. The van der Waals surface area contributed by atoms with Crippen molar-refractivity contribution >= 4 is 52.7 Å². The highest BCUT2D eigenvalue weighted by atomic mass is 35.5. The number of nitrogens with one attached hydrogen (secondary N) is 2. The molecule has 0 aliphatic carbocycles. The third-order valence-corrected chi connectivity index (χ3v) is 8.41. The lowest BCUT2D eigenvalue weighted by atomic mass is 10.0. The minimum Gasteiger partial charge on any atom is -0.344 e. The molecule has 5 rings (SSSR count). The van der Waals surface area contributed by atoms with Crippen LogP contribution in [-0.4, -0.2) is 60.2 Å². The van der Waals surface area contributed by atoms with Crippen LogP contribution in [0, 0.1) is 0 Å². The number of rotatable bonds is 5. The highest BCUT2D eigenvalue weighted by Gasteiger charge is 2.42. The summed E-state index contributed by atoms with van der Waals surface area (Å²) in [5.41, 5.74) is 1.45. The maximum atomic E-state index is 14.1. The Kier molecular flexibility index (Phi) is 7.20. The van der Waals surface area contributed by atoms with Crippen LogP contribution in [0.3, 0.4) is 0 Å². The van der Waals surface area contributed by atoms with Gasteiger partial charge in [-0.15, -0.1) is 11.8 Å². The first-order valence-corrected chi connectivity index (χ1v) is 13.4. The lowest BCUT2D eigenvalue weighted by Gasteiger charge is -2.30. The number of nitrogens with zero attached hydrogens (tertiary/aromatic N) is 2. The maximum Gasteiger partial charge on any atom is 0.251 e. The molecule has 0 bridgehead atoms. The van der Waals surface area contributed by atoms with Gasteiger partial charge in [0.1, 0.15) is 18.6 Å². The number of benzene rings is 2. The van der Waals surface area contributed by atoms with E-state index < -0.39 is 23.2 Å². The van der Waals surface area contributed by atoms with Crippen molar-refractivity contribution in [3.05, 3.63) is 59.1 Å². The van der Waals surface area contributed by atoms with E-state index in [0.717, 1.165) is 23.3 Å². The fourth-order valence-electron chi connectivity index (χ4n) is 4.90. The highest BCUT2D eigenvalue weighted by molar-refractivity contribution is 7.99.